The minimum atomic E-state index is -1.33. The molecule has 3 nitrogen and oxygen atoms in total. The summed E-state index contributed by atoms with van der Waals surface area (Å²) in [5.41, 5.74) is 0. The normalized spacial score (nSPS) is 13.2. The molecular weight excluding hydrogens is 288 g/mol. The van der Waals surface area contributed by atoms with E-state index < -0.39 is 11.7 Å². The number of rotatable bonds is 13. The topological polar surface area (TPSA) is 57.5 Å². The maximum atomic E-state index is 10.3. The third-order valence-corrected chi connectivity index (χ3v) is 3.25. The van der Waals surface area contributed by atoms with Gasteiger partial charge in [-0.2, -0.15) is 0 Å². The van der Waals surface area contributed by atoms with Gasteiger partial charge in [-0.25, -0.2) is 4.79 Å². The van der Waals surface area contributed by atoms with Gasteiger partial charge in [0.15, 0.2) is 0 Å². The largest absolute Gasteiger partial charge is 0.502 e. The van der Waals surface area contributed by atoms with Gasteiger partial charge in [-0.1, -0.05) is 94.1 Å². The van der Waals surface area contributed by atoms with Crippen LogP contribution in [0.25, 0.3) is 0 Å². The summed E-state index contributed by atoms with van der Waals surface area (Å²) in [6.45, 7) is 2.24. The van der Waals surface area contributed by atoms with Crippen LogP contribution in [0.4, 0.5) is 0 Å². The second kappa shape index (κ2) is 16.3. The van der Waals surface area contributed by atoms with Crippen molar-refractivity contribution in [2.75, 3.05) is 0 Å². The lowest BCUT2D eigenvalue weighted by atomic mass is 10.1. The number of carbonyl (C=O) groups is 1. The van der Waals surface area contributed by atoms with Crippen molar-refractivity contribution in [2.45, 2.75) is 58.3 Å². The van der Waals surface area contributed by atoms with Gasteiger partial charge in [0.25, 0.3) is 0 Å². The van der Waals surface area contributed by atoms with Gasteiger partial charge in [0.05, 0.1) is 0 Å². The highest BCUT2D eigenvalue weighted by molar-refractivity contribution is 5.83. The molecule has 128 valence electrons. The summed E-state index contributed by atoms with van der Waals surface area (Å²) in [4.78, 5) is 10.3. The molecular formula is C20H30O3. The van der Waals surface area contributed by atoms with E-state index in [0.717, 1.165) is 12.5 Å². The fraction of sp³-hybridized carbons (Fsp3) is 0.450. The van der Waals surface area contributed by atoms with Crippen molar-refractivity contribution in [3.63, 3.8) is 0 Å². The van der Waals surface area contributed by atoms with Crippen molar-refractivity contribution in [3.8, 4) is 0 Å². The number of aliphatic hydroxyl groups is 1. The molecule has 0 unspecified atom stereocenters. The van der Waals surface area contributed by atoms with Crippen LogP contribution in [0.15, 0.2) is 60.4 Å². The summed E-state index contributed by atoms with van der Waals surface area (Å²) in [6.07, 6.45) is 26.5. The third kappa shape index (κ3) is 16.2. The fourth-order valence-corrected chi connectivity index (χ4v) is 1.93. The molecule has 0 heterocycles. The maximum Gasteiger partial charge on any atom is 0.370 e. The number of hydrogen-bond acceptors (Lipinski definition) is 2. The van der Waals surface area contributed by atoms with E-state index in [1.165, 1.54) is 51.0 Å². The Kier molecular flexibility index (Phi) is 14.9. The highest BCUT2D eigenvalue weighted by Crippen LogP contribution is 2.08. The molecule has 0 aromatic carbocycles. The Balaban J connectivity index is 3.62. The van der Waals surface area contributed by atoms with Crippen LogP contribution in [0.2, 0.25) is 0 Å². The summed E-state index contributed by atoms with van der Waals surface area (Å²) in [5, 5.41) is 17.3. The van der Waals surface area contributed by atoms with E-state index in [2.05, 4.69) is 13.0 Å². The van der Waals surface area contributed by atoms with Gasteiger partial charge in [0.2, 0.25) is 5.76 Å². The van der Waals surface area contributed by atoms with E-state index >= 15 is 0 Å². The first-order chi connectivity index (χ1) is 11.2. The molecule has 2 N–H and O–H groups in total. The number of unbranched alkanes of at least 4 members (excludes halogenated alkanes) is 7. The highest BCUT2D eigenvalue weighted by atomic mass is 16.4. The predicted molar refractivity (Wildman–Crippen MR) is 97.5 cm³/mol. The third-order valence-electron chi connectivity index (χ3n) is 3.25. The molecule has 23 heavy (non-hydrogen) atoms. The van der Waals surface area contributed by atoms with E-state index in [1.807, 2.05) is 24.3 Å². The first-order valence-corrected chi connectivity index (χ1v) is 8.47. The molecule has 3 heteroatoms. The average Bonchev–Trinajstić information content (AvgIpc) is 2.54. The van der Waals surface area contributed by atoms with Crippen LogP contribution >= 0.6 is 0 Å². The molecule has 0 atom stereocenters. The lowest BCUT2D eigenvalue weighted by Crippen LogP contribution is -1.97. The Morgan fingerprint density at radius 1 is 0.739 bits per heavy atom. The van der Waals surface area contributed by atoms with E-state index in [9.17, 15) is 4.79 Å². The predicted octanol–water partition coefficient (Wildman–Crippen LogP) is 5.88. The van der Waals surface area contributed by atoms with Gasteiger partial charge in [-0.05, 0) is 18.9 Å². The van der Waals surface area contributed by atoms with Crippen LogP contribution in [-0.4, -0.2) is 16.2 Å². The zero-order valence-electron chi connectivity index (χ0n) is 14.2. The van der Waals surface area contributed by atoms with Gasteiger partial charge in [-0.15, -0.1) is 0 Å². The molecule has 0 rings (SSSR count). The Morgan fingerprint density at radius 2 is 1.26 bits per heavy atom. The molecule has 0 aliphatic carbocycles. The summed E-state index contributed by atoms with van der Waals surface area (Å²) in [6, 6.07) is 0. The number of allylic oxidation sites excluding steroid dienone is 9. The maximum absolute atomic E-state index is 10.3. The van der Waals surface area contributed by atoms with Crippen molar-refractivity contribution in [1.29, 1.82) is 0 Å². The standard InChI is InChI=1S/C20H30O3/c1-2-3-4-5-6-7-8-9-10-11-12-13-14-15-16-17-18-19(21)20(22)23/h10-18,21H,2-9H2,1H3,(H,22,23)/b11-10+,13-12+,15-14+,17-16+,19-18-. The van der Waals surface area contributed by atoms with Crippen LogP contribution in [0.3, 0.4) is 0 Å². The number of carboxylic acids is 1. The van der Waals surface area contributed by atoms with Crippen molar-refractivity contribution >= 4 is 5.97 Å². The van der Waals surface area contributed by atoms with Gasteiger partial charge in [0, 0.05) is 0 Å². The minimum absolute atomic E-state index is 0.668. The summed E-state index contributed by atoms with van der Waals surface area (Å²) in [7, 11) is 0. The van der Waals surface area contributed by atoms with Gasteiger partial charge in [-0.3, -0.25) is 0 Å². The Morgan fingerprint density at radius 3 is 1.87 bits per heavy atom. The number of carboxylic acid groups (broad SMARTS) is 1. The Hall–Kier alpha value is -2.03. The van der Waals surface area contributed by atoms with E-state index in [0.29, 0.717) is 0 Å². The molecule has 0 radical (unpaired) electrons. The van der Waals surface area contributed by atoms with Gasteiger partial charge in [0.1, 0.15) is 0 Å². The van der Waals surface area contributed by atoms with Crippen LogP contribution < -0.4 is 0 Å². The molecule has 0 spiro atoms. The summed E-state index contributed by atoms with van der Waals surface area (Å²) < 4.78 is 0. The molecule has 0 bridgehead atoms. The van der Waals surface area contributed by atoms with Crippen LogP contribution in [0.1, 0.15) is 58.3 Å². The molecule has 0 aliphatic rings. The quantitative estimate of drug-likeness (QED) is 0.193. The van der Waals surface area contributed by atoms with Crippen molar-refractivity contribution in [2.24, 2.45) is 0 Å². The molecule has 0 aromatic heterocycles. The molecule has 0 fully saturated rings. The molecule has 0 amide bonds. The number of aliphatic carboxylic acids is 1. The van der Waals surface area contributed by atoms with Crippen molar-refractivity contribution in [1.82, 2.24) is 0 Å². The molecule has 0 aliphatic heterocycles. The number of hydrogen-bond donors (Lipinski definition) is 2. The summed E-state index contributed by atoms with van der Waals surface area (Å²) >= 11 is 0. The lowest BCUT2D eigenvalue weighted by Gasteiger charge is -1.98. The van der Waals surface area contributed by atoms with E-state index in [4.69, 9.17) is 10.2 Å². The Labute approximate surface area is 140 Å². The Bertz CT molecular complexity index is 440. The fourth-order valence-electron chi connectivity index (χ4n) is 1.93. The van der Waals surface area contributed by atoms with E-state index in [1.54, 1.807) is 12.2 Å². The minimum Gasteiger partial charge on any atom is -0.502 e. The average molecular weight is 318 g/mol. The van der Waals surface area contributed by atoms with E-state index in [-0.39, 0.29) is 0 Å². The molecule has 0 aromatic rings. The summed E-state index contributed by atoms with van der Waals surface area (Å²) in [5.74, 6) is -2.00. The van der Waals surface area contributed by atoms with Crippen LogP contribution in [0.5, 0.6) is 0 Å². The van der Waals surface area contributed by atoms with Crippen molar-refractivity contribution < 1.29 is 15.0 Å². The lowest BCUT2D eigenvalue weighted by molar-refractivity contribution is -0.135. The van der Waals surface area contributed by atoms with Gasteiger partial charge >= 0.3 is 5.97 Å². The van der Waals surface area contributed by atoms with Crippen molar-refractivity contribution in [3.05, 3.63) is 60.4 Å². The molecule has 0 saturated heterocycles. The number of aliphatic hydroxyl groups excluding tert-OH is 1. The van der Waals surface area contributed by atoms with Crippen LogP contribution in [0, 0.1) is 0 Å². The first-order valence-electron chi connectivity index (χ1n) is 8.47. The highest BCUT2D eigenvalue weighted by Gasteiger charge is 1.99. The SMILES string of the molecule is CCCCCCCCC/C=C/C=C/C=C/C=C/C=C(\O)C(=O)O. The smallest absolute Gasteiger partial charge is 0.370 e. The zero-order chi connectivity index (χ0) is 17.2. The van der Waals surface area contributed by atoms with Gasteiger partial charge < -0.3 is 10.2 Å². The van der Waals surface area contributed by atoms with Crippen LogP contribution in [-0.2, 0) is 4.79 Å². The monoisotopic (exact) mass is 318 g/mol. The molecule has 0 saturated carbocycles. The zero-order valence-corrected chi connectivity index (χ0v) is 14.2. The second-order valence-electron chi connectivity index (χ2n) is 5.35. The second-order valence-corrected chi connectivity index (χ2v) is 5.35. The first kappa shape index (κ1) is 21.0.